The van der Waals surface area contributed by atoms with E-state index < -0.39 is 0 Å². The second-order valence-corrected chi connectivity index (χ2v) is 10.5. The van der Waals surface area contributed by atoms with Gasteiger partial charge >= 0.3 is 0 Å². The van der Waals surface area contributed by atoms with Gasteiger partial charge in [-0.05, 0) is 79.8 Å². The Morgan fingerprint density at radius 3 is 2.71 bits per heavy atom. The molecule has 1 heterocycles. The molecule has 1 aliphatic heterocycles. The zero-order chi connectivity index (χ0) is 21.1. The number of carbonyl (C=O) groups is 1. The summed E-state index contributed by atoms with van der Waals surface area (Å²) in [5.41, 5.74) is 4.34. The minimum absolute atomic E-state index is 0.0645. The fourth-order valence-corrected chi connectivity index (χ4v) is 7.39. The lowest BCUT2D eigenvalue weighted by molar-refractivity contribution is -0.139. The molecule has 0 amide bonds. The van der Waals surface area contributed by atoms with Crippen molar-refractivity contribution in [1.82, 2.24) is 4.90 Å². The maximum absolute atomic E-state index is 13.0. The quantitative estimate of drug-likeness (QED) is 0.692. The zero-order valence-electron chi connectivity index (χ0n) is 18.6. The lowest BCUT2D eigenvalue weighted by Crippen LogP contribution is -2.69. The van der Waals surface area contributed by atoms with E-state index in [9.17, 15) is 4.79 Å². The number of carbonyl (C=O) groups excluding carboxylic acids is 1. The summed E-state index contributed by atoms with van der Waals surface area (Å²) >= 11 is 0. The van der Waals surface area contributed by atoms with Crippen LogP contribution in [0.1, 0.15) is 55.2 Å². The van der Waals surface area contributed by atoms with E-state index in [-0.39, 0.29) is 10.8 Å². The van der Waals surface area contributed by atoms with E-state index in [1.165, 1.54) is 36.1 Å². The van der Waals surface area contributed by atoms with Gasteiger partial charge in [-0.2, -0.15) is 0 Å². The predicted octanol–water partition coefficient (Wildman–Crippen LogP) is 4.96. The number of piperidine rings is 1. The van der Waals surface area contributed by atoms with E-state index >= 15 is 0 Å². The van der Waals surface area contributed by atoms with E-state index in [0.717, 1.165) is 50.3 Å². The van der Waals surface area contributed by atoms with E-state index in [4.69, 9.17) is 4.74 Å². The molecule has 0 radical (unpaired) electrons. The molecule has 2 aromatic rings. The fraction of sp³-hybridized carbons (Fsp3) is 0.536. The molecule has 4 aliphatic rings. The minimum Gasteiger partial charge on any atom is -0.497 e. The SMILES string of the molecule is COc1ccc2c(c1)[C@]13CCN(CC4CC4)[C@H](C2)[C@]1(Cc1ccccc1)CCC(=O)C3. The van der Waals surface area contributed by atoms with E-state index in [0.29, 0.717) is 18.2 Å². The molecule has 31 heavy (non-hydrogen) atoms. The first-order valence-corrected chi connectivity index (χ1v) is 12.1. The van der Waals surface area contributed by atoms with Gasteiger partial charge in [-0.1, -0.05) is 36.4 Å². The lowest BCUT2D eigenvalue weighted by Gasteiger charge is -2.66. The smallest absolute Gasteiger partial charge is 0.133 e. The molecule has 0 spiro atoms. The van der Waals surface area contributed by atoms with Crippen LogP contribution < -0.4 is 4.74 Å². The monoisotopic (exact) mass is 415 g/mol. The Kier molecular flexibility index (Phi) is 4.54. The number of fused-ring (bicyclic) bond motifs is 1. The summed E-state index contributed by atoms with van der Waals surface area (Å²) in [7, 11) is 1.76. The molecule has 162 valence electrons. The van der Waals surface area contributed by atoms with Crippen molar-refractivity contribution < 1.29 is 9.53 Å². The Morgan fingerprint density at radius 2 is 1.94 bits per heavy atom. The Morgan fingerprint density at radius 1 is 1.10 bits per heavy atom. The molecule has 3 heteroatoms. The first-order valence-electron chi connectivity index (χ1n) is 12.1. The first-order chi connectivity index (χ1) is 15.1. The van der Waals surface area contributed by atoms with Crippen molar-refractivity contribution in [3.63, 3.8) is 0 Å². The van der Waals surface area contributed by atoms with Gasteiger partial charge in [0, 0.05) is 36.3 Å². The van der Waals surface area contributed by atoms with Crippen LogP contribution in [0.5, 0.6) is 5.75 Å². The van der Waals surface area contributed by atoms with Crippen LogP contribution in [-0.4, -0.2) is 36.9 Å². The van der Waals surface area contributed by atoms with Gasteiger partial charge in [-0.25, -0.2) is 0 Å². The van der Waals surface area contributed by atoms with Gasteiger partial charge in [0.25, 0.3) is 0 Å². The molecule has 1 saturated heterocycles. The molecule has 3 aliphatic carbocycles. The van der Waals surface area contributed by atoms with Crippen molar-refractivity contribution in [2.24, 2.45) is 11.3 Å². The van der Waals surface area contributed by atoms with E-state index in [1.807, 2.05) is 0 Å². The summed E-state index contributed by atoms with van der Waals surface area (Å²) in [6.45, 7) is 2.37. The van der Waals surface area contributed by atoms with Crippen molar-refractivity contribution >= 4 is 5.78 Å². The second kappa shape index (κ2) is 7.20. The number of likely N-dealkylation sites (tertiary alicyclic amines) is 1. The molecular weight excluding hydrogens is 382 g/mol. The Bertz CT molecular complexity index is 997. The van der Waals surface area contributed by atoms with Gasteiger partial charge in [0.1, 0.15) is 11.5 Å². The Labute approximate surface area is 185 Å². The summed E-state index contributed by atoms with van der Waals surface area (Å²) in [5, 5.41) is 0. The Hall–Kier alpha value is -2.13. The molecule has 0 N–H and O–H groups in total. The molecule has 3 fully saturated rings. The normalized spacial score (nSPS) is 32.3. The lowest BCUT2D eigenvalue weighted by atomic mass is 9.42. The highest BCUT2D eigenvalue weighted by Gasteiger charge is 2.64. The molecule has 0 unspecified atom stereocenters. The summed E-state index contributed by atoms with van der Waals surface area (Å²) in [6.07, 6.45) is 8.52. The molecule has 0 aromatic heterocycles. The third-order valence-corrected chi connectivity index (χ3v) is 9.00. The third kappa shape index (κ3) is 3.00. The van der Waals surface area contributed by atoms with Gasteiger partial charge in [0.2, 0.25) is 0 Å². The summed E-state index contributed by atoms with van der Waals surface area (Å²) in [4.78, 5) is 15.8. The van der Waals surface area contributed by atoms with Gasteiger partial charge in [0.05, 0.1) is 7.11 Å². The number of ether oxygens (including phenoxy) is 1. The van der Waals surface area contributed by atoms with Crippen LogP contribution in [0, 0.1) is 11.3 Å². The van der Waals surface area contributed by atoms with Crippen LogP contribution in [0.15, 0.2) is 48.5 Å². The van der Waals surface area contributed by atoms with Crippen LogP contribution in [0.2, 0.25) is 0 Å². The topological polar surface area (TPSA) is 29.5 Å². The third-order valence-electron chi connectivity index (χ3n) is 9.00. The number of benzene rings is 2. The van der Waals surface area contributed by atoms with Crippen LogP contribution >= 0.6 is 0 Å². The zero-order valence-corrected chi connectivity index (χ0v) is 18.6. The maximum Gasteiger partial charge on any atom is 0.133 e. The molecule has 3 nitrogen and oxygen atoms in total. The van der Waals surface area contributed by atoms with E-state index in [1.54, 1.807) is 7.11 Å². The number of rotatable bonds is 5. The number of hydrogen-bond acceptors (Lipinski definition) is 3. The number of hydrogen-bond donors (Lipinski definition) is 0. The largest absolute Gasteiger partial charge is 0.497 e. The van der Waals surface area contributed by atoms with Crippen LogP contribution in [0.4, 0.5) is 0 Å². The van der Waals surface area contributed by atoms with Crippen LogP contribution in [0.25, 0.3) is 0 Å². The number of methoxy groups -OCH3 is 1. The van der Waals surface area contributed by atoms with Gasteiger partial charge in [-0.15, -0.1) is 0 Å². The standard InChI is InChI=1S/C28H33NO2/c1-31-24-10-9-22-15-26-28(17-20-5-3-2-4-6-20)12-11-23(30)18-27(28,25(22)16-24)13-14-29(26)19-21-7-8-21/h2-6,9-10,16,21,26H,7-8,11-15,17-19H2,1H3/t26-,27-,28-/m1/s1. The van der Waals surface area contributed by atoms with Gasteiger partial charge in [-0.3, -0.25) is 9.69 Å². The van der Waals surface area contributed by atoms with Gasteiger partial charge < -0.3 is 4.74 Å². The predicted molar refractivity (Wildman–Crippen MR) is 123 cm³/mol. The molecule has 6 rings (SSSR count). The number of nitrogens with zero attached hydrogens (tertiary/aromatic N) is 1. The highest BCUT2D eigenvalue weighted by atomic mass is 16.5. The molecular formula is C28H33NO2. The molecule has 3 atom stereocenters. The number of Topliss-reactive ketones (excluding diaryl/α,β-unsaturated/α-hetero) is 1. The number of ketones is 1. The Balaban J connectivity index is 1.54. The van der Waals surface area contributed by atoms with Crippen molar-refractivity contribution in [3.05, 3.63) is 65.2 Å². The molecule has 2 saturated carbocycles. The van der Waals surface area contributed by atoms with Crippen molar-refractivity contribution in [1.29, 1.82) is 0 Å². The van der Waals surface area contributed by atoms with Crippen molar-refractivity contribution in [2.45, 2.75) is 62.8 Å². The average molecular weight is 416 g/mol. The second-order valence-electron chi connectivity index (χ2n) is 10.5. The van der Waals surface area contributed by atoms with E-state index in [2.05, 4.69) is 53.4 Å². The van der Waals surface area contributed by atoms with Crippen molar-refractivity contribution in [2.75, 3.05) is 20.2 Å². The highest BCUT2D eigenvalue weighted by molar-refractivity contribution is 5.82. The average Bonchev–Trinajstić information content (AvgIpc) is 3.61. The maximum atomic E-state index is 13.0. The van der Waals surface area contributed by atoms with Crippen LogP contribution in [-0.2, 0) is 23.1 Å². The fourth-order valence-electron chi connectivity index (χ4n) is 7.39. The summed E-state index contributed by atoms with van der Waals surface area (Å²) in [6, 6.07) is 18.2. The first kappa shape index (κ1) is 19.5. The minimum atomic E-state index is -0.0645. The molecule has 2 aromatic carbocycles. The summed E-state index contributed by atoms with van der Waals surface area (Å²) in [5.74, 6) is 2.27. The van der Waals surface area contributed by atoms with Gasteiger partial charge in [0.15, 0.2) is 0 Å². The summed E-state index contributed by atoms with van der Waals surface area (Å²) < 4.78 is 5.66. The van der Waals surface area contributed by atoms with Crippen LogP contribution in [0.3, 0.4) is 0 Å². The highest BCUT2D eigenvalue weighted by Crippen LogP contribution is 2.64. The molecule has 2 bridgehead atoms. The van der Waals surface area contributed by atoms with Crippen molar-refractivity contribution in [3.8, 4) is 5.75 Å².